The van der Waals surface area contributed by atoms with Crippen molar-refractivity contribution >= 4 is 0 Å². The van der Waals surface area contributed by atoms with Crippen LogP contribution in [0.4, 0.5) is 0 Å². The van der Waals surface area contributed by atoms with Gasteiger partial charge in [0, 0.05) is 31.9 Å². The predicted octanol–water partition coefficient (Wildman–Crippen LogP) is 2.13. The molecule has 2 atom stereocenters. The largest absolute Gasteiger partial charge is 0.338 e. The summed E-state index contributed by atoms with van der Waals surface area (Å²) in [4.78, 5) is 4.40. The molecule has 2 aliphatic carbocycles. The minimum Gasteiger partial charge on any atom is -0.338 e. The third kappa shape index (κ3) is 2.71. The summed E-state index contributed by atoms with van der Waals surface area (Å²) < 4.78 is 2.15. The third-order valence-electron chi connectivity index (χ3n) is 4.48. The average molecular weight is 233 g/mol. The quantitative estimate of drug-likeness (QED) is 0.815. The lowest BCUT2D eigenvalue weighted by Gasteiger charge is -2.37. The zero-order valence-corrected chi connectivity index (χ0v) is 10.7. The van der Waals surface area contributed by atoms with Crippen molar-refractivity contribution in [2.24, 2.45) is 18.9 Å². The zero-order chi connectivity index (χ0) is 11.7. The zero-order valence-electron chi connectivity index (χ0n) is 10.7. The van der Waals surface area contributed by atoms with Crippen LogP contribution in [0.2, 0.25) is 0 Å². The van der Waals surface area contributed by atoms with Gasteiger partial charge in [-0.25, -0.2) is 4.98 Å². The van der Waals surface area contributed by atoms with Gasteiger partial charge in [-0.15, -0.1) is 0 Å². The molecule has 0 saturated heterocycles. The number of rotatable bonds is 6. The van der Waals surface area contributed by atoms with E-state index in [1.807, 2.05) is 12.4 Å². The van der Waals surface area contributed by atoms with E-state index in [2.05, 4.69) is 21.9 Å². The van der Waals surface area contributed by atoms with Crippen LogP contribution in [0.15, 0.2) is 12.4 Å². The second-order valence-corrected chi connectivity index (χ2v) is 5.77. The lowest BCUT2D eigenvalue weighted by Crippen LogP contribution is -2.36. The Labute approximate surface area is 104 Å². The van der Waals surface area contributed by atoms with Crippen LogP contribution in [-0.4, -0.2) is 22.1 Å². The topological polar surface area (TPSA) is 29.9 Å². The summed E-state index contributed by atoms with van der Waals surface area (Å²) in [6, 6.07) is 0.866. The Morgan fingerprint density at radius 1 is 1.29 bits per heavy atom. The van der Waals surface area contributed by atoms with Crippen LogP contribution in [0.5, 0.6) is 0 Å². The van der Waals surface area contributed by atoms with E-state index in [9.17, 15) is 0 Å². The summed E-state index contributed by atoms with van der Waals surface area (Å²) >= 11 is 0. The number of imidazole rings is 1. The van der Waals surface area contributed by atoms with Crippen LogP contribution < -0.4 is 5.32 Å². The molecule has 2 aliphatic rings. The van der Waals surface area contributed by atoms with Crippen LogP contribution in [0.3, 0.4) is 0 Å². The van der Waals surface area contributed by atoms with E-state index in [1.165, 1.54) is 44.5 Å². The smallest absolute Gasteiger partial charge is 0.108 e. The van der Waals surface area contributed by atoms with Crippen molar-refractivity contribution in [3.63, 3.8) is 0 Å². The molecule has 1 N–H and O–H groups in total. The third-order valence-corrected chi connectivity index (χ3v) is 4.48. The van der Waals surface area contributed by atoms with Gasteiger partial charge in [-0.05, 0) is 50.5 Å². The molecule has 3 heteroatoms. The maximum absolute atomic E-state index is 4.40. The summed E-state index contributed by atoms with van der Waals surface area (Å²) in [5.41, 5.74) is 0. The van der Waals surface area contributed by atoms with Gasteiger partial charge in [0.05, 0.1) is 0 Å². The molecule has 2 fully saturated rings. The Bertz CT molecular complexity index is 367. The van der Waals surface area contributed by atoms with Gasteiger partial charge in [-0.2, -0.15) is 0 Å². The molecule has 2 saturated carbocycles. The highest BCUT2D eigenvalue weighted by molar-refractivity contribution is 4.94. The minimum absolute atomic E-state index is 0.866. The molecule has 0 radical (unpaired) electrons. The van der Waals surface area contributed by atoms with E-state index in [0.29, 0.717) is 0 Å². The fourth-order valence-corrected chi connectivity index (χ4v) is 2.84. The van der Waals surface area contributed by atoms with Crippen molar-refractivity contribution < 1.29 is 0 Å². The molecule has 1 aromatic heterocycles. The van der Waals surface area contributed by atoms with Crippen molar-refractivity contribution in [1.82, 2.24) is 14.9 Å². The van der Waals surface area contributed by atoms with Crippen LogP contribution in [0.1, 0.15) is 37.9 Å². The summed E-state index contributed by atoms with van der Waals surface area (Å²) in [7, 11) is 2.09. The summed E-state index contributed by atoms with van der Waals surface area (Å²) in [6.45, 7) is 1.26. The first-order valence-electron chi connectivity index (χ1n) is 7.02. The monoisotopic (exact) mass is 233 g/mol. The molecule has 3 nitrogen and oxygen atoms in total. The van der Waals surface area contributed by atoms with Gasteiger partial charge in [0.1, 0.15) is 5.82 Å². The maximum Gasteiger partial charge on any atom is 0.108 e. The van der Waals surface area contributed by atoms with Crippen LogP contribution >= 0.6 is 0 Å². The molecule has 0 amide bonds. The minimum atomic E-state index is 0.866. The van der Waals surface area contributed by atoms with Crippen molar-refractivity contribution in [3.8, 4) is 0 Å². The number of aromatic nitrogens is 2. The van der Waals surface area contributed by atoms with Crippen LogP contribution in [-0.2, 0) is 13.5 Å². The van der Waals surface area contributed by atoms with E-state index in [1.54, 1.807) is 0 Å². The first kappa shape index (κ1) is 11.3. The second-order valence-electron chi connectivity index (χ2n) is 5.77. The van der Waals surface area contributed by atoms with Crippen molar-refractivity contribution in [2.75, 3.05) is 6.54 Å². The van der Waals surface area contributed by atoms with E-state index < -0.39 is 0 Å². The van der Waals surface area contributed by atoms with Gasteiger partial charge in [0.2, 0.25) is 0 Å². The molecule has 0 spiro atoms. The average Bonchev–Trinajstić information content (AvgIpc) is 3.02. The normalized spacial score (nSPS) is 28.1. The molecule has 1 heterocycles. The van der Waals surface area contributed by atoms with Crippen molar-refractivity contribution in [2.45, 2.75) is 44.6 Å². The Morgan fingerprint density at radius 3 is 2.71 bits per heavy atom. The molecule has 3 rings (SSSR count). The van der Waals surface area contributed by atoms with E-state index in [-0.39, 0.29) is 0 Å². The molecular weight excluding hydrogens is 210 g/mol. The Hall–Kier alpha value is -0.830. The predicted molar refractivity (Wildman–Crippen MR) is 68.8 cm³/mol. The van der Waals surface area contributed by atoms with Crippen LogP contribution in [0.25, 0.3) is 0 Å². The Morgan fingerprint density at radius 2 is 2.12 bits per heavy atom. The molecule has 94 valence electrons. The fraction of sp³-hybridized carbons (Fsp3) is 0.786. The number of hydrogen-bond donors (Lipinski definition) is 1. The second kappa shape index (κ2) is 4.81. The van der Waals surface area contributed by atoms with Gasteiger partial charge in [0.15, 0.2) is 0 Å². The van der Waals surface area contributed by atoms with Crippen LogP contribution in [0, 0.1) is 11.8 Å². The van der Waals surface area contributed by atoms with Gasteiger partial charge in [-0.3, -0.25) is 0 Å². The molecule has 0 aliphatic heterocycles. The molecular formula is C14H23N3. The van der Waals surface area contributed by atoms with E-state index >= 15 is 0 Å². The molecule has 17 heavy (non-hydrogen) atoms. The lowest BCUT2D eigenvalue weighted by molar-refractivity contribution is 0.159. The number of nitrogens with zero attached hydrogens (tertiary/aromatic N) is 2. The number of hydrogen-bond acceptors (Lipinski definition) is 2. The maximum atomic E-state index is 4.40. The molecule has 2 unspecified atom stereocenters. The molecule has 0 aromatic carbocycles. The lowest BCUT2D eigenvalue weighted by atomic mass is 9.71. The first-order valence-corrected chi connectivity index (χ1v) is 7.02. The fourth-order valence-electron chi connectivity index (χ4n) is 2.84. The van der Waals surface area contributed by atoms with Gasteiger partial charge >= 0.3 is 0 Å². The van der Waals surface area contributed by atoms with Crippen molar-refractivity contribution in [1.29, 1.82) is 0 Å². The highest BCUT2D eigenvalue weighted by Crippen LogP contribution is 2.37. The molecule has 0 bridgehead atoms. The number of nitrogens with one attached hydrogen (secondary N) is 1. The summed E-state index contributed by atoms with van der Waals surface area (Å²) in [6.07, 6.45) is 12.1. The Kier molecular flexibility index (Phi) is 3.19. The standard InChI is InChI=1S/C14H23N3/c1-17-9-8-15-14(17)7-4-11-2-3-12(11)10-16-13-5-6-13/h8-9,11-13,16H,2-7,10H2,1H3. The van der Waals surface area contributed by atoms with Gasteiger partial charge in [-0.1, -0.05) is 0 Å². The highest BCUT2D eigenvalue weighted by atomic mass is 15.0. The summed E-state index contributed by atoms with van der Waals surface area (Å²) in [5, 5.41) is 3.67. The van der Waals surface area contributed by atoms with E-state index in [0.717, 1.165) is 24.3 Å². The SMILES string of the molecule is Cn1ccnc1CCC1CCC1CNC1CC1. The van der Waals surface area contributed by atoms with E-state index in [4.69, 9.17) is 0 Å². The Balaban J connectivity index is 1.41. The molecule has 1 aromatic rings. The van der Waals surface area contributed by atoms with Crippen molar-refractivity contribution in [3.05, 3.63) is 18.2 Å². The van der Waals surface area contributed by atoms with Gasteiger partial charge in [0.25, 0.3) is 0 Å². The highest BCUT2D eigenvalue weighted by Gasteiger charge is 2.32. The first-order chi connectivity index (χ1) is 8.33. The van der Waals surface area contributed by atoms with Gasteiger partial charge < -0.3 is 9.88 Å². The number of aryl methyl sites for hydroxylation is 2. The summed E-state index contributed by atoms with van der Waals surface area (Å²) in [5.74, 6) is 3.12.